The average molecular weight is 1050 g/mol. The second-order valence-electron chi connectivity index (χ2n) is 27.8. The highest BCUT2D eigenvalue weighted by atomic mass is 16.6. The highest BCUT2D eigenvalue weighted by Gasteiger charge is 2.38. The second-order valence-corrected chi connectivity index (χ2v) is 27.8. The molecule has 0 fully saturated rings. The molecule has 0 bridgehead atoms. The van der Waals surface area contributed by atoms with Crippen LogP contribution in [0.4, 0.5) is 0 Å². The van der Waals surface area contributed by atoms with Crippen LogP contribution < -0.4 is 0 Å². The van der Waals surface area contributed by atoms with Crippen molar-refractivity contribution >= 4 is 23.9 Å². The van der Waals surface area contributed by atoms with Gasteiger partial charge in [0.05, 0.1) is 0 Å². The highest BCUT2D eigenvalue weighted by Crippen LogP contribution is 2.42. The van der Waals surface area contributed by atoms with Crippen LogP contribution >= 0.6 is 0 Å². The Balaban J connectivity index is 2.03. The summed E-state index contributed by atoms with van der Waals surface area (Å²) in [5.41, 5.74) is 8.05. The number of rotatable bonds is 21. The summed E-state index contributed by atoms with van der Waals surface area (Å²) in [7, 11) is 0. The molecule has 0 heterocycles. The van der Waals surface area contributed by atoms with Crippen molar-refractivity contribution in [3.63, 3.8) is 0 Å². The standard InChI is InChI=1S/C66H98O10/c1-42(31-44(3)60(5,6)7)23-27-54(67)73-38-66(39-74-55(68)28-24-46-32-43(2)45(4)49(33-46)61(8,9)10,40-75-56(69)29-25-47-34-50(62(11,12)13)58(71)51(35-47)63(14,15)16)41-76-57(70)30-26-48-36-52(64(17,18)19)59(72)53(37-48)65(20,21)22/h31-37,71-72H,3,23-30,38-41H2,1-2,4-22H3. The SMILES string of the molecule is C=C(C=C(C)CCC(=O)OCC(COC(=O)CCc1cc(C)c(C)c(C(C)(C)C)c1)(COC(=O)CCc1cc(C(C)(C)C)c(O)c(C(C)(C)C)c1)COC(=O)CCc1cc(C(C)(C)C)c(O)c(C(C)(C)C)c1)C(C)(C)C. The number of aryl methyl sites for hydroxylation is 4. The normalized spacial score (nSPS) is 13.1. The van der Waals surface area contributed by atoms with Crippen molar-refractivity contribution < 1.29 is 48.3 Å². The molecular formula is C66H98O10. The molecule has 76 heavy (non-hydrogen) atoms. The molecule has 0 aliphatic heterocycles. The third-order valence-corrected chi connectivity index (χ3v) is 14.2. The molecule has 0 aromatic heterocycles. The number of phenols is 2. The monoisotopic (exact) mass is 1050 g/mol. The Morgan fingerprint density at radius 2 is 0.724 bits per heavy atom. The van der Waals surface area contributed by atoms with E-state index in [1.54, 1.807) is 0 Å². The Morgan fingerprint density at radius 1 is 0.447 bits per heavy atom. The van der Waals surface area contributed by atoms with Crippen LogP contribution in [0.15, 0.2) is 60.2 Å². The van der Waals surface area contributed by atoms with E-state index >= 15 is 0 Å². The number of ether oxygens (including phenoxy) is 4. The molecule has 0 spiro atoms. The van der Waals surface area contributed by atoms with E-state index in [4.69, 9.17) is 18.9 Å². The molecule has 10 heteroatoms. The van der Waals surface area contributed by atoms with Crippen molar-refractivity contribution in [3.05, 3.63) is 116 Å². The van der Waals surface area contributed by atoms with Crippen molar-refractivity contribution in [2.24, 2.45) is 10.8 Å². The molecule has 3 aromatic carbocycles. The lowest BCUT2D eigenvalue weighted by Crippen LogP contribution is -2.44. The quantitative estimate of drug-likeness (QED) is 0.0601. The Morgan fingerprint density at radius 3 is 1.01 bits per heavy atom. The van der Waals surface area contributed by atoms with Crippen LogP contribution in [0.25, 0.3) is 0 Å². The van der Waals surface area contributed by atoms with Crippen LogP contribution in [0.1, 0.15) is 219 Å². The number of hydrogen-bond acceptors (Lipinski definition) is 10. The third kappa shape index (κ3) is 19.6. The van der Waals surface area contributed by atoms with Gasteiger partial charge < -0.3 is 29.2 Å². The van der Waals surface area contributed by atoms with E-state index in [-0.39, 0.29) is 82.9 Å². The summed E-state index contributed by atoms with van der Waals surface area (Å²) in [5, 5.41) is 22.7. The van der Waals surface area contributed by atoms with E-state index in [1.165, 1.54) is 11.1 Å². The fourth-order valence-electron chi connectivity index (χ4n) is 8.92. The molecule has 0 radical (unpaired) electrons. The first-order valence-corrected chi connectivity index (χ1v) is 27.4. The summed E-state index contributed by atoms with van der Waals surface area (Å²) in [6.07, 6.45) is 3.48. The number of allylic oxidation sites excluding steroid dienone is 3. The Hall–Kier alpha value is -5.38. The van der Waals surface area contributed by atoms with Crippen LogP contribution in [-0.2, 0) is 84.5 Å². The smallest absolute Gasteiger partial charge is 0.306 e. The number of benzene rings is 3. The van der Waals surface area contributed by atoms with Crippen LogP contribution in [-0.4, -0.2) is 60.5 Å². The number of aromatic hydroxyl groups is 2. The Kier molecular flexibility index (Phi) is 21.7. The molecule has 0 saturated carbocycles. The fourth-order valence-corrected chi connectivity index (χ4v) is 8.92. The molecule has 0 amide bonds. The van der Waals surface area contributed by atoms with Gasteiger partial charge in [-0.1, -0.05) is 179 Å². The van der Waals surface area contributed by atoms with Gasteiger partial charge in [-0.05, 0) is 140 Å². The van der Waals surface area contributed by atoms with Crippen molar-refractivity contribution in [1.82, 2.24) is 0 Å². The number of phenolic OH excluding ortho intramolecular Hbond substituents is 2. The molecule has 0 unspecified atom stereocenters. The van der Waals surface area contributed by atoms with E-state index in [9.17, 15) is 29.4 Å². The lowest BCUT2D eigenvalue weighted by molar-refractivity contribution is -0.170. The maximum atomic E-state index is 13.9. The zero-order valence-corrected chi connectivity index (χ0v) is 50.9. The summed E-state index contributed by atoms with van der Waals surface area (Å²) in [4.78, 5) is 55.3. The van der Waals surface area contributed by atoms with E-state index < -0.39 is 42.5 Å². The van der Waals surface area contributed by atoms with E-state index in [0.29, 0.717) is 25.7 Å². The predicted octanol–water partition coefficient (Wildman–Crippen LogP) is 14.9. The first-order chi connectivity index (χ1) is 34.5. The third-order valence-electron chi connectivity index (χ3n) is 14.2. The van der Waals surface area contributed by atoms with Gasteiger partial charge in [-0.2, -0.15) is 0 Å². The van der Waals surface area contributed by atoms with Crippen molar-refractivity contribution in [1.29, 1.82) is 0 Å². The molecule has 10 nitrogen and oxygen atoms in total. The van der Waals surface area contributed by atoms with Gasteiger partial charge in [0, 0.05) is 25.7 Å². The highest BCUT2D eigenvalue weighted by molar-refractivity contribution is 5.72. The van der Waals surface area contributed by atoms with Gasteiger partial charge in [0.25, 0.3) is 0 Å². The molecule has 422 valence electrons. The van der Waals surface area contributed by atoms with Crippen LogP contribution in [0.3, 0.4) is 0 Å². The fraction of sp³-hybridized carbons (Fsp3) is 0.606. The maximum absolute atomic E-state index is 13.9. The molecule has 0 aliphatic carbocycles. The van der Waals surface area contributed by atoms with Gasteiger partial charge in [-0.25, -0.2) is 0 Å². The van der Waals surface area contributed by atoms with Gasteiger partial charge in [0.1, 0.15) is 43.3 Å². The summed E-state index contributed by atoms with van der Waals surface area (Å²) in [6.45, 7) is 45.9. The molecule has 0 saturated heterocycles. The predicted molar refractivity (Wildman–Crippen MR) is 308 cm³/mol. The molecule has 0 aliphatic rings. The maximum Gasteiger partial charge on any atom is 0.306 e. The lowest BCUT2D eigenvalue weighted by atomic mass is 9.78. The first kappa shape index (κ1) is 64.9. The molecule has 0 atom stereocenters. The molecule has 3 aromatic rings. The van der Waals surface area contributed by atoms with Crippen LogP contribution in [0, 0.1) is 24.7 Å². The topological polar surface area (TPSA) is 146 Å². The van der Waals surface area contributed by atoms with E-state index in [2.05, 4.69) is 74.1 Å². The van der Waals surface area contributed by atoms with Crippen molar-refractivity contribution in [3.8, 4) is 11.5 Å². The van der Waals surface area contributed by atoms with E-state index in [1.807, 2.05) is 120 Å². The zero-order valence-electron chi connectivity index (χ0n) is 50.9. The summed E-state index contributed by atoms with van der Waals surface area (Å²) in [6, 6.07) is 12.0. The minimum atomic E-state index is -1.49. The lowest BCUT2D eigenvalue weighted by Gasteiger charge is -2.32. The van der Waals surface area contributed by atoms with Gasteiger partial charge in [0.2, 0.25) is 0 Å². The molecule has 2 N–H and O–H groups in total. The number of hydrogen-bond donors (Lipinski definition) is 2. The number of esters is 4. The minimum absolute atomic E-state index is 0.0227. The zero-order chi connectivity index (χ0) is 58.2. The summed E-state index contributed by atoms with van der Waals surface area (Å²) >= 11 is 0. The van der Waals surface area contributed by atoms with E-state index in [0.717, 1.165) is 55.7 Å². The number of carbonyl (C=O) groups excluding carboxylic acids is 4. The van der Waals surface area contributed by atoms with Crippen LogP contribution in [0.5, 0.6) is 11.5 Å². The van der Waals surface area contributed by atoms with Gasteiger partial charge in [0.15, 0.2) is 0 Å². The summed E-state index contributed by atoms with van der Waals surface area (Å²) < 4.78 is 24.1. The summed E-state index contributed by atoms with van der Waals surface area (Å²) in [5.74, 6) is -1.68. The van der Waals surface area contributed by atoms with Crippen molar-refractivity contribution in [2.75, 3.05) is 26.4 Å². The van der Waals surface area contributed by atoms with Crippen LogP contribution in [0.2, 0.25) is 0 Å². The van der Waals surface area contributed by atoms with Gasteiger partial charge >= 0.3 is 23.9 Å². The van der Waals surface area contributed by atoms with Gasteiger partial charge in [-0.15, -0.1) is 0 Å². The Bertz CT molecular complexity index is 2410. The minimum Gasteiger partial charge on any atom is -0.507 e. The van der Waals surface area contributed by atoms with Gasteiger partial charge in [-0.3, -0.25) is 19.2 Å². The molecular weight excluding hydrogens is 953 g/mol. The first-order valence-electron chi connectivity index (χ1n) is 27.4. The van der Waals surface area contributed by atoms with Crippen molar-refractivity contribution in [2.45, 2.75) is 224 Å². The largest absolute Gasteiger partial charge is 0.507 e. The molecule has 3 rings (SSSR count). The Labute approximate surface area is 458 Å². The number of carbonyl (C=O) groups is 4. The second kappa shape index (κ2) is 25.4. The average Bonchev–Trinajstić information content (AvgIpc) is 3.27.